The molecular weight excluding hydrogens is 454 g/mol. The second-order valence-electron chi connectivity index (χ2n) is 7.94. The number of rotatable bonds is 8. The Balaban J connectivity index is 1.47. The van der Waals surface area contributed by atoms with Gasteiger partial charge in [0.25, 0.3) is 0 Å². The molecule has 0 amide bonds. The molecule has 0 saturated heterocycles. The van der Waals surface area contributed by atoms with E-state index in [-0.39, 0.29) is 12.0 Å². The average molecular weight is 476 g/mol. The number of nitrogens with one attached hydrogen (secondary N) is 3. The van der Waals surface area contributed by atoms with E-state index in [2.05, 4.69) is 25.0 Å². The van der Waals surface area contributed by atoms with Crippen LogP contribution in [0.4, 0.5) is 5.82 Å². The lowest BCUT2D eigenvalue weighted by atomic mass is 9.94. The molecule has 3 N–H and O–H groups in total. The first-order valence-corrected chi connectivity index (χ1v) is 12.3. The predicted octanol–water partition coefficient (Wildman–Crippen LogP) is 4.76. The number of nitrogens with zero attached hydrogens (tertiary/aromatic N) is 2. The summed E-state index contributed by atoms with van der Waals surface area (Å²) in [6.07, 6.45) is 3.64. The van der Waals surface area contributed by atoms with E-state index in [1.54, 1.807) is 23.7 Å². The summed E-state index contributed by atoms with van der Waals surface area (Å²) < 4.78 is 27.8. The molecule has 7 nitrogen and oxygen atoms in total. The van der Waals surface area contributed by atoms with Crippen LogP contribution in [0.2, 0.25) is 5.15 Å². The van der Waals surface area contributed by atoms with Gasteiger partial charge in [-0.25, -0.2) is 23.1 Å². The van der Waals surface area contributed by atoms with Crippen molar-refractivity contribution in [2.75, 3.05) is 18.4 Å². The average Bonchev–Trinajstić information content (AvgIpc) is 3.41. The van der Waals surface area contributed by atoms with Gasteiger partial charge in [0.1, 0.15) is 20.8 Å². The summed E-state index contributed by atoms with van der Waals surface area (Å²) in [5.41, 5.74) is 2.34. The molecule has 0 bridgehead atoms. The van der Waals surface area contributed by atoms with Gasteiger partial charge >= 0.3 is 0 Å². The number of aromatic nitrogens is 3. The Labute approximate surface area is 190 Å². The molecule has 31 heavy (non-hydrogen) atoms. The first-order chi connectivity index (χ1) is 14.7. The predicted molar refractivity (Wildman–Crippen MR) is 126 cm³/mol. The van der Waals surface area contributed by atoms with Crippen LogP contribution in [0.5, 0.6) is 0 Å². The van der Waals surface area contributed by atoms with E-state index in [1.807, 2.05) is 44.3 Å². The monoisotopic (exact) mass is 475 g/mol. The van der Waals surface area contributed by atoms with Crippen molar-refractivity contribution in [1.29, 1.82) is 0 Å². The van der Waals surface area contributed by atoms with Gasteiger partial charge in [-0.3, -0.25) is 0 Å². The van der Waals surface area contributed by atoms with Crippen LogP contribution in [-0.4, -0.2) is 36.5 Å². The highest BCUT2D eigenvalue weighted by atomic mass is 35.5. The van der Waals surface area contributed by atoms with Crippen molar-refractivity contribution in [3.63, 3.8) is 0 Å². The maximum atomic E-state index is 12.4. The van der Waals surface area contributed by atoms with Gasteiger partial charge in [0.05, 0.1) is 0 Å². The number of hydrogen-bond acceptors (Lipinski definition) is 6. The third-order valence-electron chi connectivity index (χ3n) is 4.80. The van der Waals surface area contributed by atoms with Gasteiger partial charge in [-0.05, 0) is 46.7 Å². The molecule has 4 heterocycles. The van der Waals surface area contributed by atoms with Crippen LogP contribution >= 0.6 is 22.9 Å². The van der Waals surface area contributed by atoms with Gasteiger partial charge in [0.2, 0.25) is 10.0 Å². The standard InChI is InChI=1S/C21H22ClN5O2S2/c1-21(2,13-26-31(28,29)19-6-4-8-30-19)12-25-18-10-14(9-17(22)27-18)16-11-24-20-15(16)5-3-7-23-20/h3-11,26H,12-13H2,1-2H3,(H,23,24)(H,25,27). The Morgan fingerprint density at radius 2 is 2.03 bits per heavy atom. The molecule has 0 aliphatic rings. The molecule has 0 spiro atoms. The van der Waals surface area contributed by atoms with Crippen molar-refractivity contribution in [3.05, 3.63) is 59.3 Å². The minimum Gasteiger partial charge on any atom is -0.369 e. The summed E-state index contributed by atoms with van der Waals surface area (Å²) >= 11 is 7.47. The van der Waals surface area contributed by atoms with Gasteiger partial charge in [-0.2, -0.15) is 0 Å². The number of fused-ring (bicyclic) bond motifs is 1. The maximum Gasteiger partial charge on any atom is 0.250 e. The smallest absolute Gasteiger partial charge is 0.250 e. The summed E-state index contributed by atoms with van der Waals surface area (Å²) in [6, 6.07) is 10.9. The largest absolute Gasteiger partial charge is 0.369 e. The third kappa shape index (κ3) is 5.07. The van der Waals surface area contributed by atoms with Crippen molar-refractivity contribution in [2.24, 2.45) is 5.41 Å². The fourth-order valence-corrected chi connectivity index (χ4v) is 5.60. The molecular formula is C21H22ClN5O2S2. The van der Waals surface area contributed by atoms with Gasteiger partial charge in [-0.15, -0.1) is 11.3 Å². The van der Waals surface area contributed by atoms with E-state index in [9.17, 15) is 8.42 Å². The molecule has 0 aliphatic carbocycles. The molecule has 0 aromatic carbocycles. The topological polar surface area (TPSA) is 99.8 Å². The maximum absolute atomic E-state index is 12.4. The first kappa shape index (κ1) is 21.8. The number of anilines is 1. The summed E-state index contributed by atoms with van der Waals surface area (Å²) in [6.45, 7) is 4.74. The molecule has 0 atom stereocenters. The number of H-pyrrole nitrogens is 1. The van der Waals surface area contributed by atoms with E-state index in [1.165, 1.54) is 11.3 Å². The molecule has 10 heteroatoms. The Kier molecular flexibility index (Phi) is 6.02. The number of aromatic amines is 1. The quantitative estimate of drug-likeness (QED) is 0.319. The second-order valence-corrected chi connectivity index (χ2v) is 11.3. The molecule has 4 rings (SSSR count). The minimum atomic E-state index is -3.50. The second kappa shape index (κ2) is 8.58. The zero-order valence-corrected chi connectivity index (χ0v) is 19.4. The van der Waals surface area contributed by atoms with Crippen LogP contribution < -0.4 is 10.0 Å². The fraction of sp³-hybridized carbons (Fsp3) is 0.238. The molecule has 4 aromatic rings. The van der Waals surface area contributed by atoms with Crippen LogP contribution in [0.25, 0.3) is 22.2 Å². The van der Waals surface area contributed by atoms with Crippen molar-refractivity contribution in [1.82, 2.24) is 19.7 Å². The van der Waals surface area contributed by atoms with Crippen LogP contribution in [0, 0.1) is 5.41 Å². The number of thiophene rings is 1. The van der Waals surface area contributed by atoms with E-state index in [4.69, 9.17) is 11.6 Å². The lowest BCUT2D eigenvalue weighted by Crippen LogP contribution is -2.37. The summed E-state index contributed by atoms with van der Waals surface area (Å²) in [5.74, 6) is 0.620. The fourth-order valence-electron chi connectivity index (χ4n) is 3.11. The number of halogens is 1. The van der Waals surface area contributed by atoms with Crippen LogP contribution in [0.15, 0.2) is 58.4 Å². The zero-order chi connectivity index (χ0) is 22.1. The summed E-state index contributed by atoms with van der Waals surface area (Å²) in [7, 11) is -3.50. The van der Waals surface area contributed by atoms with Crippen molar-refractivity contribution in [2.45, 2.75) is 18.1 Å². The van der Waals surface area contributed by atoms with Gasteiger partial charge in [0, 0.05) is 36.4 Å². The van der Waals surface area contributed by atoms with Gasteiger partial charge < -0.3 is 10.3 Å². The van der Waals surface area contributed by atoms with Crippen LogP contribution in [0.3, 0.4) is 0 Å². The van der Waals surface area contributed by atoms with E-state index >= 15 is 0 Å². The highest BCUT2D eigenvalue weighted by Gasteiger charge is 2.23. The number of hydrogen-bond donors (Lipinski definition) is 3. The van der Waals surface area contributed by atoms with Crippen LogP contribution in [-0.2, 0) is 10.0 Å². The molecule has 0 fully saturated rings. The van der Waals surface area contributed by atoms with Crippen molar-refractivity contribution in [3.8, 4) is 11.1 Å². The Bertz CT molecular complexity index is 1300. The summed E-state index contributed by atoms with van der Waals surface area (Å²) in [5, 5.41) is 6.41. The SMILES string of the molecule is CC(C)(CNc1cc(-c2c[nH]c3ncccc23)cc(Cl)n1)CNS(=O)(=O)c1cccs1. The first-order valence-electron chi connectivity index (χ1n) is 9.61. The highest BCUT2D eigenvalue weighted by Crippen LogP contribution is 2.31. The lowest BCUT2D eigenvalue weighted by Gasteiger charge is -2.25. The van der Waals surface area contributed by atoms with E-state index < -0.39 is 10.0 Å². The molecule has 4 aromatic heterocycles. The number of pyridine rings is 2. The van der Waals surface area contributed by atoms with Gasteiger partial charge in [-0.1, -0.05) is 31.5 Å². The van der Waals surface area contributed by atoms with E-state index in [0.717, 1.165) is 22.2 Å². The van der Waals surface area contributed by atoms with Crippen molar-refractivity contribution < 1.29 is 8.42 Å². The minimum absolute atomic E-state index is 0.280. The lowest BCUT2D eigenvalue weighted by molar-refractivity contribution is 0.387. The van der Waals surface area contributed by atoms with Crippen LogP contribution in [0.1, 0.15) is 13.8 Å². The molecule has 0 unspecified atom stereocenters. The molecule has 0 saturated carbocycles. The molecule has 0 radical (unpaired) electrons. The molecule has 162 valence electrons. The summed E-state index contributed by atoms with van der Waals surface area (Å²) in [4.78, 5) is 11.9. The van der Waals surface area contributed by atoms with Gasteiger partial charge in [0.15, 0.2) is 0 Å². The Morgan fingerprint density at radius 1 is 1.19 bits per heavy atom. The highest BCUT2D eigenvalue weighted by molar-refractivity contribution is 7.91. The Hall–Kier alpha value is -2.46. The molecule has 0 aliphatic heterocycles. The number of sulfonamides is 1. The normalized spacial score (nSPS) is 12.4. The zero-order valence-electron chi connectivity index (χ0n) is 17.0. The third-order valence-corrected chi connectivity index (χ3v) is 7.80. The van der Waals surface area contributed by atoms with E-state index in [0.29, 0.717) is 21.7 Å². The van der Waals surface area contributed by atoms with Crippen molar-refractivity contribution >= 4 is 49.8 Å². The Morgan fingerprint density at radius 3 is 2.81 bits per heavy atom.